The molecule has 0 amide bonds. The summed E-state index contributed by atoms with van der Waals surface area (Å²) in [6.45, 7) is 4.63. The predicted octanol–water partition coefficient (Wildman–Crippen LogP) is 1.90. The van der Waals surface area contributed by atoms with Gasteiger partial charge in [0.15, 0.2) is 0 Å². The quantitative estimate of drug-likeness (QED) is 0.774. The molecule has 0 fully saturated rings. The van der Waals surface area contributed by atoms with Gasteiger partial charge in [-0.05, 0) is 24.0 Å². The van der Waals surface area contributed by atoms with E-state index >= 15 is 0 Å². The van der Waals surface area contributed by atoms with Crippen LogP contribution in [-0.4, -0.2) is 24.4 Å². The average molecular weight is 223 g/mol. The largest absolute Gasteiger partial charge is 0.492 e. The van der Waals surface area contributed by atoms with E-state index in [1.54, 1.807) is 0 Å². The first-order valence-corrected chi connectivity index (χ1v) is 5.77. The number of ether oxygens (including phenoxy) is 1. The van der Waals surface area contributed by atoms with Crippen molar-refractivity contribution in [1.29, 1.82) is 0 Å². The topological polar surface area (TPSA) is 55.5 Å². The molecule has 0 saturated carbocycles. The minimum atomic E-state index is -0.315. The summed E-state index contributed by atoms with van der Waals surface area (Å²) in [7, 11) is 0. The first-order valence-electron chi connectivity index (χ1n) is 5.77. The van der Waals surface area contributed by atoms with E-state index in [1.807, 2.05) is 18.2 Å². The molecule has 2 unspecified atom stereocenters. The molecule has 0 saturated heterocycles. The number of benzene rings is 1. The van der Waals surface area contributed by atoms with Crippen molar-refractivity contribution in [2.24, 2.45) is 5.73 Å². The molecule has 1 aromatic rings. The normalized spacial score (nSPS) is 14.5. The summed E-state index contributed by atoms with van der Waals surface area (Å²) in [4.78, 5) is 0. The Labute approximate surface area is 97.2 Å². The van der Waals surface area contributed by atoms with Crippen LogP contribution in [0.25, 0.3) is 0 Å². The number of para-hydroxylation sites is 1. The first kappa shape index (κ1) is 13.0. The van der Waals surface area contributed by atoms with Gasteiger partial charge in [0.1, 0.15) is 12.4 Å². The van der Waals surface area contributed by atoms with E-state index in [4.69, 9.17) is 15.6 Å². The van der Waals surface area contributed by atoms with Crippen molar-refractivity contribution >= 4 is 0 Å². The molecule has 3 heteroatoms. The van der Waals surface area contributed by atoms with Crippen LogP contribution in [0.2, 0.25) is 0 Å². The minimum absolute atomic E-state index is 0.0501. The second-order valence-electron chi connectivity index (χ2n) is 4.10. The fourth-order valence-corrected chi connectivity index (χ4v) is 1.49. The summed E-state index contributed by atoms with van der Waals surface area (Å²) in [6.07, 6.45) is 1.08. The maximum absolute atomic E-state index is 8.83. The third-order valence-electron chi connectivity index (χ3n) is 2.75. The standard InChI is InChI=1S/C13H21NO2/c1-3-10(2)12-6-4-5-7-13(12)16-9-11(14)8-15/h4-7,10-11,15H,3,8-9,14H2,1-2H3. The van der Waals surface area contributed by atoms with Crippen LogP contribution in [0.3, 0.4) is 0 Å². The molecule has 3 N–H and O–H groups in total. The summed E-state index contributed by atoms with van der Waals surface area (Å²) in [5.74, 6) is 1.35. The van der Waals surface area contributed by atoms with Gasteiger partial charge in [0.2, 0.25) is 0 Å². The van der Waals surface area contributed by atoms with Crippen LogP contribution in [-0.2, 0) is 0 Å². The SMILES string of the molecule is CCC(C)c1ccccc1OCC(N)CO. The van der Waals surface area contributed by atoms with E-state index in [0.717, 1.165) is 12.2 Å². The summed E-state index contributed by atoms with van der Waals surface area (Å²) in [6, 6.07) is 7.68. The van der Waals surface area contributed by atoms with Gasteiger partial charge in [-0.2, -0.15) is 0 Å². The van der Waals surface area contributed by atoms with Crippen molar-refractivity contribution in [3.63, 3.8) is 0 Å². The van der Waals surface area contributed by atoms with Crippen molar-refractivity contribution < 1.29 is 9.84 Å². The number of aliphatic hydroxyl groups is 1. The Morgan fingerprint density at radius 2 is 2.06 bits per heavy atom. The van der Waals surface area contributed by atoms with Gasteiger partial charge in [0, 0.05) is 0 Å². The van der Waals surface area contributed by atoms with E-state index in [0.29, 0.717) is 12.5 Å². The summed E-state index contributed by atoms with van der Waals surface area (Å²) < 4.78 is 5.63. The predicted molar refractivity (Wildman–Crippen MR) is 65.7 cm³/mol. The van der Waals surface area contributed by atoms with Crippen molar-refractivity contribution in [1.82, 2.24) is 0 Å². The average Bonchev–Trinajstić information content (AvgIpc) is 2.35. The number of hydrogen-bond donors (Lipinski definition) is 2. The molecule has 0 aliphatic heterocycles. The zero-order valence-electron chi connectivity index (χ0n) is 10.0. The van der Waals surface area contributed by atoms with Crippen molar-refractivity contribution in [3.05, 3.63) is 29.8 Å². The van der Waals surface area contributed by atoms with E-state index < -0.39 is 0 Å². The molecule has 0 aliphatic rings. The van der Waals surface area contributed by atoms with Crippen LogP contribution >= 0.6 is 0 Å². The van der Waals surface area contributed by atoms with Gasteiger partial charge in [-0.1, -0.05) is 32.0 Å². The van der Waals surface area contributed by atoms with Gasteiger partial charge in [-0.25, -0.2) is 0 Å². The van der Waals surface area contributed by atoms with Crippen LogP contribution in [0.15, 0.2) is 24.3 Å². The number of hydrogen-bond acceptors (Lipinski definition) is 3. The molecule has 0 aliphatic carbocycles. The molecular formula is C13H21NO2. The van der Waals surface area contributed by atoms with E-state index in [9.17, 15) is 0 Å². The molecule has 90 valence electrons. The molecule has 16 heavy (non-hydrogen) atoms. The molecule has 2 atom stereocenters. The maximum atomic E-state index is 8.83. The lowest BCUT2D eigenvalue weighted by Gasteiger charge is -2.17. The molecule has 3 nitrogen and oxygen atoms in total. The van der Waals surface area contributed by atoms with Crippen LogP contribution in [0.4, 0.5) is 0 Å². The van der Waals surface area contributed by atoms with Crippen LogP contribution in [0.1, 0.15) is 31.7 Å². The smallest absolute Gasteiger partial charge is 0.122 e. The summed E-state index contributed by atoms with van der Waals surface area (Å²) in [5, 5.41) is 8.83. The number of rotatable bonds is 6. The van der Waals surface area contributed by atoms with Crippen LogP contribution < -0.4 is 10.5 Å². The number of nitrogens with two attached hydrogens (primary N) is 1. The Hall–Kier alpha value is -1.06. The molecule has 0 aromatic heterocycles. The molecule has 0 radical (unpaired) electrons. The molecule has 0 spiro atoms. The first-order chi connectivity index (χ1) is 7.69. The second kappa shape index (κ2) is 6.51. The molecule has 1 aromatic carbocycles. The third-order valence-corrected chi connectivity index (χ3v) is 2.75. The lowest BCUT2D eigenvalue weighted by molar-refractivity contribution is 0.205. The minimum Gasteiger partial charge on any atom is -0.492 e. The third kappa shape index (κ3) is 3.51. The Kier molecular flexibility index (Phi) is 5.29. The Balaban J connectivity index is 2.71. The highest BCUT2D eigenvalue weighted by Crippen LogP contribution is 2.28. The number of aliphatic hydroxyl groups excluding tert-OH is 1. The van der Waals surface area contributed by atoms with Crippen molar-refractivity contribution in [3.8, 4) is 5.75 Å². The van der Waals surface area contributed by atoms with Gasteiger partial charge in [0.05, 0.1) is 12.6 Å². The highest BCUT2D eigenvalue weighted by Gasteiger charge is 2.10. The fourth-order valence-electron chi connectivity index (χ4n) is 1.49. The van der Waals surface area contributed by atoms with E-state index in [1.165, 1.54) is 5.56 Å². The van der Waals surface area contributed by atoms with E-state index in [-0.39, 0.29) is 12.6 Å². The van der Waals surface area contributed by atoms with Gasteiger partial charge in [-0.15, -0.1) is 0 Å². The van der Waals surface area contributed by atoms with Crippen LogP contribution in [0.5, 0.6) is 5.75 Å². The highest BCUT2D eigenvalue weighted by atomic mass is 16.5. The Morgan fingerprint density at radius 3 is 2.69 bits per heavy atom. The van der Waals surface area contributed by atoms with Gasteiger partial charge < -0.3 is 15.6 Å². The second-order valence-corrected chi connectivity index (χ2v) is 4.10. The summed E-state index contributed by atoms with van der Waals surface area (Å²) >= 11 is 0. The Bertz CT molecular complexity index is 315. The van der Waals surface area contributed by atoms with Crippen molar-refractivity contribution in [2.45, 2.75) is 32.2 Å². The molecule has 0 heterocycles. The van der Waals surface area contributed by atoms with Gasteiger partial charge in [0.25, 0.3) is 0 Å². The van der Waals surface area contributed by atoms with Gasteiger partial charge >= 0.3 is 0 Å². The lowest BCUT2D eigenvalue weighted by atomic mass is 9.98. The highest BCUT2D eigenvalue weighted by molar-refractivity contribution is 5.35. The Morgan fingerprint density at radius 1 is 1.38 bits per heavy atom. The van der Waals surface area contributed by atoms with Crippen LogP contribution in [0, 0.1) is 0 Å². The van der Waals surface area contributed by atoms with E-state index in [2.05, 4.69) is 19.9 Å². The molecule has 1 rings (SSSR count). The zero-order valence-corrected chi connectivity index (χ0v) is 10.0. The molecule has 0 bridgehead atoms. The maximum Gasteiger partial charge on any atom is 0.122 e. The van der Waals surface area contributed by atoms with Gasteiger partial charge in [-0.3, -0.25) is 0 Å². The lowest BCUT2D eigenvalue weighted by Crippen LogP contribution is -2.31. The summed E-state index contributed by atoms with van der Waals surface area (Å²) in [5.41, 5.74) is 6.81. The fraction of sp³-hybridized carbons (Fsp3) is 0.538. The monoisotopic (exact) mass is 223 g/mol. The van der Waals surface area contributed by atoms with Crippen molar-refractivity contribution in [2.75, 3.05) is 13.2 Å². The molecular weight excluding hydrogens is 202 g/mol. The zero-order chi connectivity index (χ0) is 12.0.